The Labute approximate surface area is 145 Å². The van der Waals surface area contributed by atoms with Gasteiger partial charge in [-0.2, -0.15) is 0 Å². The van der Waals surface area contributed by atoms with Crippen LogP contribution in [0.4, 0.5) is 0 Å². The fraction of sp³-hybridized carbons (Fsp3) is 0.500. The average molecular weight is 381 g/mol. The number of carboxylic acids is 1. The van der Waals surface area contributed by atoms with E-state index in [9.17, 15) is 13.2 Å². The second-order valence-electron chi connectivity index (χ2n) is 6.01. The molecule has 9 heteroatoms. The smallest absolute Gasteiger partial charge is 0.337 e. The Bertz CT molecular complexity index is 714. The summed E-state index contributed by atoms with van der Waals surface area (Å²) in [7, 11) is -3.99. The molecule has 0 bridgehead atoms. The molecule has 2 atom stereocenters. The van der Waals surface area contributed by atoms with E-state index in [-0.39, 0.29) is 20.5 Å². The van der Waals surface area contributed by atoms with Gasteiger partial charge in [-0.1, -0.05) is 37.0 Å². The predicted octanol–water partition coefficient (Wildman–Crippen LogP) is 2.86. The van der Waals surface area contributed by atoms with E-state index in [2.05, 4.69) is 18.7 Å². The molecule has 1 aromatic rings. The van der Waals surface area contributed by atoms with Gasteiger partial charge in [0, 0.05) is 13.1 Å². The first-order valence-electron chi connectivity index (χ1n) is 7.10. The minimum atomic E-state index is -3.99. The highest BCUT2D eigenvalue weighted by Crippen LogP contribution is 2.29. The topological polar surface area (TPSA) is 86.7 Å². The van der Waals surface area contributed by atoms with E-state index in [0.717, 1.165) is 18.6 Å². The summed E-state index contributed by atoms with van der Waals surface area (Å²) in [5.74, 6) is -0.600. The normalized spacial score (nSPS) is 23.0. The van der Waals surface area contributed by atoms with Crippen LogP contribution in [0.25, 0.3) is 0 Å². The van der Waals surface area contributed by atoms with Crippen molar-refractivity contribution in [2.45, 2.75) is 25.2 Å². The molecule has 23 heavy (non-hydrogen) atoms. The number of rotatable bonds is 4. The average Bonchev–Trinajstić information content (AvgIpc) is 2.35. The number of benzene rings is 1. The van der Waals surface area contributed by atoms with Crippen molar-refractivity contribution in [2.75, 3.05) is 13.1 Å². The molecule has 0 amide bonds. The Balaban J connectivity index is 2.32. The Kier molecular flexibility index (Phi) is 5.58. The summed E-state index contributed by atoms with van der Waals surface area (Å²) >= 11 is 11.7. The molecule has 2 rings (SSSR count). The molecule has 6 nitrogen and oxygen atoms in total. The van der Waals surface area contributed by atoms with Crippen LogP contribution in [0, 0.1) is 11.8 Å². The molecule has 1 aliphatic rings. The van der Waals surface area contributed by atoms with Gasteiger partial charge in [-0.05, 0) is 30.4 Å². The van der Waals surface area contributed by atoms with Gasteiger partial charge in [0.15, 0.2) is 0 Å². The van der Waals surface area contributed by atoms with Crippen LogP contribution in [0.3, 0.4) is 0 Å². The number of carbonyl (C=O) groups is 1. The Morgan fingerprint density at radius 3 is 2.30 bits per heavy atom. The van der Waals surface area contributed by atoms with Crippen molar-refractivity contribution >= 4 is 39.2 Å². The van der Waals surface area contributed by atoms with Crippen molar-refractivity contribution < 1.29 is 18.3 Å². The number of hydrazine groups is 1. The summed E-state index contributed by atoms with van der Waals surface area (Å²) in [6.07, 6.45) is 1.03. The third-order valence-electron chi connectivity index (χ3n) is 3.66. The highest BCUT2D eigenvalue weighted by Gasteiger charge is 2.28. The number of hydrogen-bond donors (Lipinski definition) is 2. The van der Waals surface area contributed by atoms with Crippen molar-refractivity contribution in [3.63, 3.8) is 0 Å². The van der Waals surface area contributed by atoms with Crippen LogP contribution >= 0.6 is 23.2 Å². The predicted molar refractivity (Wildman–Crippen MR) is 88.3 cm³/mol. The standard InChI is InChI=1S/C14H18Cl2N2O4S/c1-8-3-9(2)7-18(6-8)17-23(21,22)13-4-10(14(19)20)11(15)5-12(13)16/h4-5,8-9,17H,3,6-7H2,1-2H3,(H,19,20). The van der Waals surface area contributed by atoms with E-state index in [1.54, 1.807) is 5.01 Å². The largest absolute Gasteiger partial charge is 0.478 e. The highest BCUT2D eigenvalue weighted by atomic mass is 35.5. The summed E-state index contributed by atoms with van der Waals surface area (Å²) < 4.78 is 25.1. The molecule has 1 saturated heterocycles. The van der Waals surface area contributed by atoms with Crippen molar-refractivity contribution in [3.05, 3.63) is 27.7 Å². The lowest BCUT2D eigenvalue weighted by molar-refractivity contribution is 0.0697. The number of piperidine rings is 1. The molecule has 0 aliphatic carbocycles. The molecule has 2 unspecified atom stereocenters. The summed E-state index contributed by atoms with van der Waals surface area (Å²) in [5, 5.41) is 10.5. The molecule has 0 saturated carbocycles. The summed E-state index contributed by atoms with van der Waals surface area (Å²) in [6.45, 7) is 5.27. The van der Waals surface area contributed by atoms with Gasteiger partial charge in [0.1, 0.15) is 4.90 Å². The van der Waals surface area contributed by atoms with Crippen molar-refractivity contribution in [3.8, 4) is 0 Å². The van der Waals surface area contributed by atoms with Crippen LogP contribution in [-0.4, -0.2) is 37.6 Å². The van der Waals surface area contributed by atoms with Crippen LogP contribution in [0.5, 0.6) is 0 Å². The van der Waals surface area contributed by atoms with Crippen LogP contribution in [0.15, 0.2) is 17.0 Å². The maximum absolute atomic E-state index is 12.5. The van der Waals surface area contributed by atoms with Crippen molar-refractivity contribution in [2.24, 2.45) is 11.8 Å². The van der Waals surface area contributed by atoms with Gasteiger partial charge >= 0.3 is 5.97 Å². The number of nitrogens with one attached hydrogen (secondary N) is 1. The second kappa shape index (κ2) is 6.94. The third kappa shape index (κ3) is 4.36. The fourth-order valence-electron chi connectivity index (χ4n) is 2.86. The van der Waals surface area contributed by atoms with Crippen molar-refractivity contribution in [1.29, 1.82) is 0 Å². The number of nitrogens with zero attached hydrogens (tertiary/aromatic N) is 1. The highest BCUT2D eigenvalue weighted by molar-refractivity contribution is 7.89. The Hall–Kier alpha value is -0.860. The van der Waals surface area contributed by atoms with Gasteiger partial charge < -0.3 is 5.11 Å². The van der Waals surface area contributed by atoms with Crippen LogP contribution < -0.4 is 4.83 Å². The van der Waals surface area contributed by atoms with Crippen LogP contribution in [0.2, 0.25) is 10.0 Å². The minimum Gasteiger partial charge on any atom is -0.478 e. The lowest BCUT2D eigenvalue weighted by Crippen LogP contribution is -2.49. The summed E-state index contributed by atoms with van der Waals surface area (Å²) in [6, 6.07) is 2.11. The number of hydrogen-bond acceptors (Lipinski definition) is 4. The van der Waals surface area contributed by atoms with E-state index in [1.165, 1.54) is 0 Å². The minimum absolute atomic E-state index is 0.110. The lowest BCUT2D eigenvalue weighted by Gasteiger charge is -2.34. The maximum Gasteiger partial charge on any atom is 0.337 e. The van der Waals surface area contributed by atoms with Crippen LogP contribution in [-0.2, 0) is 10.0 Å². The quantitative estimate of drug-likeness (QED) is 0.838. The second-order valence-corrected chi connectivity index (χ2v) is 8.46. The first-order valence-corrected chi connectivity index (χ1v) is 9.33. The Morgan fingerprint density at radius 1 is 1.22 bits per heavy atom. The molecule has 2 N–H and O–H groups in total. The number of halogens is 2. The SMILES string of the molecule is CC1CC(C)CN(NS(=O)(=O)c2cc(C(=O)O)c(Cl)cc2Cl)C1. The van der Waals surface area contributed by atoms with Gasteiger partial charge in [0.2, 0.25) is 0 Å². The molecule has 1 aliphatic heterocycles. The van der Waals surface area contributed by atoms with Crippen molar-refractivity contribution in [1.82, 2.24) is 9.84 Å². The van der Waals surface area contributed by atoms with Gasteiger partial charge in [0.05, 0.1) is 15.6 Å². The molecular formula is C14H18Cl2N2O4S. The van der Waals surface area contributed by atoms with Gasteiger partial charge in [-0.25, -0.2) is 18.2 Å². The first-order chi connectivity index (χ1) is 10.6. The molecule has 1 aromatic carbocycles. The zero-order valence-electron chi connectivity index (χ0n) is 12.7. The van der Waals surface area contributed by atoms with Crippen LogP contribution in [0.1, 0.15) is 30.6 Å². The zero-order valence-corrected chi connectivity index (χ0v) is 15.0. The number of carboxylic acid groups (broad SMARTS) is 1. The monoisotopic (exact) mass is 380 g/mol. The maximum atomic E-state index is 12.5. The zero-order chi connectivity index (χ0) is 17.4. The summed E-state index contributed by atoms with van der Waals surface area (Å²) in [5.41, 5.74) is -0.308. The summed E-state index contributed by atoms with van der Waals surface area (Å²) in [4.78, 5) is 13.3. The van der Waals surface area contributed by atoms with E-state index < -0.39 is 16.0 Å². The van der Waals surface area contributed by atoms with E-state index >= 15 is 0 Å². The third-order valence-corrected chi connectivity index (χ3v) is 5.81. The molecule has 0 aromatic heterocycles. The molecule has 128 valence electrons. The van der Waals surface area contributed by atoms with E-state index in [0.29, 0.717) is 24.9 Å². The Morgan fingerprint density at radius 2 is 1.78 bits per heavy atom. The van der Waals surface area contributed by atoms with E-state index in [4.69, 9.17) is 28.3 Å². The van der Waals surface area contributed by atoms with E-state index in [1.807, 2.05) is 0 Å². The molecule has 0 radical (unpaired) electrons. The molecular weight excluding hydrogens is 363 g/mol. The van der Waals surface area contributed by atoms with Gasteiger partial charge in [-0.15, -0.1) is 4.83 Å². The molecule has 1 fully saturated rings. The first kappa shape index (κ1) is 18.5. The lowest BCUT2D eigenvalue weighted by atomic mass is 9.93. The van der Waals surface area contributed by atoms with Gasteiger partial charge in [-0.3, -0.25) is 0 Å². The van der Waals surface area contributed by atoms with Gasteiger partial charge in [0.25, 0.3) is 10.0 Å². The number of sulfonamides is 1. The molecule has 1 heterocycles. The number of aromatic carboxylic acids is 1. The fourth-order valence-corrected chi connectivity index (χ4v) is 4.80. The molecule has 0 spiro atoms.